The van der Waals surface area contributed by atoms with E-state index in [1.807, 2.05) is 61.7 Å². The van der Waals surface area contributed by atoms with E-state index < -0.39 is 0 Å². The summed E-state index contributed by atoms with van der Waals surface area (Å²) in [5.74, 6) is 7.70. The highest BCUT2D eigenvalue weighted by Crippen LogP contribution is 2.29. The number of ether oxygens (including phenoxy) is 1. The number of rotatable bonds is 4. The molecule has 0 aliphatic carbocycles. The van der Waals surface area contributed by atoms with Crippen molar-refractivity contribution in [3.63, 3.8) is 0 Å². The third-order valence-corrected chi connectivity index (χ3v) is 4.76. The smallest absolute Gasteiger partial charge is 0.227 e. The molecular formula is C21H19NO2S. The molecule has 0 radical (unpaired) electrons. The average molecular weight is 349 g/mol. The monoisotopic (exact) mass is 349 g/mol. The molecule has 4 heteroatoms. The topological polar surface area (TPSA) is 31.2 Å². The second-order valence-electron chi connectivity index (χ2n) is 5.60. The van der Waals surface area contributed by atoms with E-state index in [2.05, 4.69) is 11.8 Å². The summed E-state index contributed by atoms with van der Waals surface area (Å²) in [5, 5.41) is 1.08. The number of benzene rings is 2. The Labute approximate surface area is 152 Å². The molecule has 0 unspecified atom stereocenters. The number of carbonyl (C=O) groups is 1. The van der Waals surface area contributed by atoms with Crippen molar-refractivity contribution >= 4 is 28.6 Å². The second kappa shape index (κ2) is 7.96. The van der Waals surface area contributed by atoms with Crippen molar-refractivity contribution in [2.24, 2.45) is 0 Å². The number of fused-ring (bicyclic) bond motifs is 1. The van der Waals surface area contributed by atoms with Crippen LogP contribution in [0.15, 0.2) is 59.6 Å². The Kier molecular flexibility index (Phi) is 5.47. The highest BCUT2D eigenvalue weighted by atomic mass is 32.2. The van der Waals surface area contributed by atoms with Gasteiger partial charge in [0, 0.05) is 23.4 Å². The van der Waals surface area contributed by atoms with Gasteiger partial charge in [-0.1, -0.05) is 48.2 Å². The first kappa shape index (κ1) is 17.2. The van der Waals surface area contributed by atoms with E-state index in [0.29, 0.717) is 12.4 Å². The van der Waals surface area contributed by atoms with E-state index >= 15 is 0 Å². The first-order valence-corrected chi connectivity index (χ1v) is 9.03. The zero-order valence-electron chi connectivity index (χ0n) is 14.3. The molecule has 0 amide bonds. The summed E-state index contributed by atoms with van der Waals surface area (Å²) in [4.78, 5) is 12.8. The molecule has 0 saturated carbocycles. The van der Waals surface area contributed by atoms with Crippen LogP contribution in [0.1, 0.15) is 17.3 Å². The van der Waals surface area contributed by atoms with Crippen LogP contribution in [0.5, 0.6) is 5.75 Å². The fourth-order valence-electron chi connectivity index (χ4n) is 2.57. The van der Waals surface area contributed by atoms with Gasteiger partial charge in [-0.25, -0.2) is 0 Å². The number of hydrogen-bond acceptors (Lipinski definition) is 3. The number of thioether (sulfide) groups is 1. The van der Waals surface area contributed by atoms with E-state index in [-0.39, 0.29) is 5.91 Å². The minimum Gasteiger partial charge on any atom is -0.481 e. The maximum atomic E-state index is 11.8. The molecule has 25 heavy (non-hydrogen) atoms. The highest BCUT2D eigenvalue weighted by molar-refractivity contribution is 7.99. The van der Waals surface area contributed by atoms with Crippen molar-refractivity contribution in [2.75, 3.05) is 12.4 Å². The lowest BCUT2D eigenvalue weighted by Gasteiger charge is -2.04. The van der Waals surface area contributed by atoms with Crippen LogP contribution in [-0.4, -0.2) is 22.8 Å². The second-order valence-corrected chi connectivity index (χ2v) is 6.61. The molecule has 0 spiro atoms. The van der Waals surface area contributed by atoms with Gasteiger partial charge in [-0.15, -0.1) is 11.8 Å². The quantitative estimate of drug-likeness (QED) is 0.501. The summed E-state index contributed by atoms with van der Waals surface area (Å²) in [5.41, 5.74) is 2.05. The summed E-state index contributed by atoms with van der Waals surface area (Å²) < 4.78 is 7.35. The van der Waals surface area contributed by atoms with Crippen molar-refractivity contribution in [1.29, 1.82) is 0 Å². The maximum Gasteiger partial charge on any atom is 0.227 e. The van der Waals surface area contributed by atoms with Gasteiger partial charge in [0.1, 0.15) is 12.4 Å². The third-order valence-electron chi connectivity index (χ3n) is 3.83. The lowest BCUT2D eigenvalue weighted by molar-refractivity contribution is 0.0941. The van der Waals surface area contributed by atoms with Gasteiger partial charge in [-0.3, -0.25) is 9.36 Å². The molecule has 3 rings (SSSR count). The summed E-state index contributed by atoms with van der Waals surface area (Å²) in [6.07, 6.45) is 1.89. The zero-order chi connectivity index (χ0) is 17.6. The Morgan fingerprint density at radius 2 is 1.88 bits per heavy atom. The van der Waals surface area contributed by atoms with E-state index in [9.17, 15) is 4.79 Å². The molecule has 126 valence electrons. The van der Waals surface area contributed by atoms with Crippen molar-refractivity contribution < 1.29 is 9.53 Å². The van der Waals surface area contributed by atoms with Gasteiger partial charge in [-0.05, 0) is 24.6 Å². The predicted octanol–water partition coefficient (Wildman–Crippen LogP) is 4.78. The lowest BCUT2D eigenvalue weighted by atomic mass is 10.2. The van der Waals surface area contributed by atoms with Gasteiger partial charge < -0.3 is 4.74 Å². The average Bonchev–Trinajstić information content (AvgIpc) is 2.99. The van der Waals surface area contributed by atoms with E-state index in [1.54, 1.807) is 23.3 Å². The SMILES string of the molecule is CC(=O)n1cc(SCC#CCOc2ccccc2C)c2ccccc21. The lowest BCUT2D eigenvalue weighted by Crippen LogP contribution is -2.02. The predicted molar refractivity (Wildman–Crippen MR) is 103 cm³/mol. The normalized spacial score (nSPS) is 10.3. The molecule has 0 N–H and O–H groups in total. The molecule has 0 saturated heterocycles. The number of hydrogen-bond donors (Lipinski definition) is 0. The van der Waals surface area contributed by atoms with E-state index in [0.717, 1.165) is 27.1 Å². The van der Waals surface area contributed by atoms with Crippen LogP contribution in [0, 0.1) is 18.8 Å². The van der Waals surface area contributed by atoms with Crippen molar-refractivity contribution in [3.8, 4) is 17.6 Å². The van der Waals surface area contributed by atoms with Crippen molar-refractivity contribution in [1.82, 2.24) is 4.57 Å². The fourth-order valence-corrected chi connectivity index (χ4v) is 3.41. The molecule has 1 aromatic heterocycles. The fraction of sp³-hybridized carbons (Fsp3) is 0.190. The van der Waals surface area contributed by atoms with Gasteiger partial charge in [0.05, 0.1) is 11.3 Å². The molecular weight excluding hydrogens is 330 g/mol. The Morgan fingerprint density at radius 3 is 2.68 bits per heavy atom. The van der Waals surface area contributed by atoms with Crippen LogP contribution in [-0.2, 0) is 0 Å². The van der Waals surface area contributed by atoms with Gasteiger partial charge >= 0.3 is 0 Å². The van der Waals surface area contributed by atoms with Crippen LogP contribution >= 0.6 is 11.8 Å². The van der Waals surface area contributed by atoms with Gasteiger partial charge in [-0.2, -0.15) is 0 Å². The van der Waals surface area contributed by atoms with Crippen LogP contribution in [0.25, 0.3) is 10.9 Å². The third kappa shape index (κ3) is 4.07. The standard InChI is InChI=1S/C21H19NO2S/c1-16-9-3-6-12-20(16)24-13-7-8-14-25-21-15-22(17(2)23)19-11-5-4-10-18(19)21/h3-6,9-12,15H,13-14H2,1-2H3. The highest BCUT2D eigenvalue weighted by Gasteiger charge is 2.10. The maximum absolute atomic E-state index is 11.8. The Balaban J connectivity index is 1.61. The summed E-state index contributed by atoms with van der Waals surface area (Å²) in [6.45, 7) is 3.97. The van der Waals surface area contributed by atoms with Crippen LogP contribution in [0.4, 0.5) is 0 Å². The molecule has 2 aromatic carbocycles. The van der Waals surface area contributed by atoms with Gasteiger partial charge in [0.2, 0.25) is 5.91 Å². The summed E-state index contributed by atoms with van der Waals surface area (Å²) >= 11 is 1.64. The van der Waals surface area contributed by atoms with E-state index in [4.69, 9.17) is 4.74 Å². The molecule has 0 bridgehead atoms. The zero-order valence-corrected chi connectivity index (χ0v) is 15.1. The van der Waals surface area contributed by atoms with Crippen molar-refractivity contribution in [3.05, 3.63) is 60.3 Å². The Bertz CT molecular complexity index is 963. The Hall–Kier alpha value is -2.64. The van der Waals surface area contributed by atoms with Crippen LogP contribution < -0.4 is 4.74 Å². The van der Waals surface area contributed by atoms with Gasteiger partial charge in [0.25, 0.3) is 0 Å². The largest absolute Gasteiger partial charge is 0.481 e. The minimum absolute atomic E-state index is 0.0146. The number of para-hydroxylation sites is 2. The first-order valence-electron chi connectivity index (χ1n) is 8.05. The van der Waals surface area contributed by atoms with Crippen molar-refractivity contribution in [2.45, 2.75) is 18.7 Å². The number of aromatic nitrogens is 1. The van der Waals surface area contributed by atoms with Crippen LogP contribution in [0.2, 0.25) is 0 Å². The molecule has 0 aliphatic heterocycles. The number of aryl methyl sites for hydroxylation is 1. The molecule has 0 aliphatic rings. The summed E-state index contributed by atoms with van der Waals surface area (Å²) in [7, 11) is 0. The molecule has 3 nitrogen and oxygen atoms in total. The van der Waals surface area contributed by atoms with E-state index in [1.165, 1.54) is 0 Å². The molecule has 1 heterocycles. The molecule has 3 aromatic rings. The number of nitrogens with zero attached hydrogens (tertiary/aromatic N) is 1. The number of carbonyl (C=O) groups excluding carboxylic acids is 1. The van der Waals surface area contributed by atoms with Gasteiger partial charge in [0.15, 0.2) is 0 Å². The first-order chi connectivity index (χ1) is 12.2. The minimum atomic E-state index is 0.0146. The molecule has 0 atom stereocenters. The molecule has 0 fully saturated rings. The Morgan fingerprint density at radius 1 is 1.12 bits per heavy atom. The van der Waals surface area contributed by atoms with Crippen LogP contribution in [0.3, 0.4) is 0 Å². The summed E-state index contributed by atoms with van der Waals surface area (Å²) in [6, 6.07) is 15.8.